The molecule has 0 saturated heterocycles. The van der Waals surface area contributed by atoms with Crippen molar-refractivity contribution in [3.8, 4) is 0 Å². The number of carbonyl (C=O) groups is 1. The summed E-state index contributed by atoms with van der Waals surface area (Å²) in [5, 5.41) is 0. The average Bonchev–Trinajstić information content (AvgIpc) is 2.77. The van der Waals surface area contributed by atoms with Crippen LogP contribution in [0.15, 0.2) is 0 Å². The molecule has 2 aliphatic carbocycles. The molecule has 86 valence electrons. The molecule has 2 aliphatic rings. The summed E-state index contributed by atoms with van der Waals surface area (Å²) in [4.78, 5) is 13.2. The van der Waals surface area contributed by atoms with E-state index in [-0.39, 0.29) is 11.9 Å². The van der Waals surface area contributed by atoms with Crippen molar-refractivity contribution in [1.82, 2.24) is 4.90 Å². The molecule has 15 heavy (non-hydrogen) atoms. The number of amides is 1. The number of primary amides is 1. The van der Waals surface area contributed by atoms with E-state index < -0.39 is 0 Å². The van der Waals surface area contributed by atoms with Gasteiger partial charge < -0.3 is 5.73 Å². The van der Waals surface area contributed by atoms with Gasteiger partial charge in [0.2, 0.25) is 5.91 Å². The molecule has 2 bridgehead atoms. The highest BCUT2D eigenvalue weighted by atomic mass is 16.1. The van der Waals surface area contributed by atoms with Crippen LogP contribution in [0.5, 0.6) is 0 Å². The predicted molar refractivity (Wildman–Crippen MR) is 60.2 cm³/mol. The Morgan fingerprint density at radius 3 is 2.67 bits per heavy atom. The van der Waals surface area contributed by atoms with Gasteiger partial charge in [0.25, 0.3) is 0 Å². The van der Waals surface area contributed by atoms with Gasteiger partial charge in [0.05, 0.1) is 6.04 Å². The minimum absolute atomic E-state index is 0.121. The lowest BCUT2D eigenvalue weighted by Gasteiger charge is -2.29. The molecule has 3 nitrogen and oxygen atoms in total. The highest BCUT2D eigenvalue weighted by Crippen LogP contribution is 2.48. The Hall–Kier alpha value is -0.570. The summed E-state index contributed by atoms with van der Waals surface area (Å²) in [5.74, 6) is 2.52. The number of likely N-dealkylation sites (N-methyl/N-ethyl adjacent to an activating group) is 1. The van der Waals surface area contributed by atoms with Crippen LogP contribution in [0, 0.1) is 17.8 Å². The van der Waals surface area contributed by atoms with E-state index in [0.29, 0.717) is 0 Å². The quantitative estimate of drug-likeness (QED) is 0.758. The van der Waals surface area contributed by atoms with Crippen molar-refractivity contribution in [3.05, 3.63) is 0 Å². The Labute approximate surface area is 92.0 Å². The van der Waals surface area contributed by atoms with E-state index in [9.17, 15) is 4.79 Å². The van der Waals surface area contributed by atoms with E-state index in [1.807, 2.05) is 14.0 Å². The van der Waals surface area contributed by atoms with Gasteiger partial charge in [-0.3, -0.25) is 9.69 Å². The molecule has 2 saturated carbocycles. The smallest absolute Gasteiger partial charge is 0.234 e. The lowest BCUT2D eigenvalue weighted by molar-refractivity contribution is -0.122. The van der Waals surface area contributed by atoms with Gasteiger partial charge in [-0.25, -0.2) is 0 Å². The third-order valence-electron chi connectivity index (χ3n) is 4.48. The zero-order chi connectivity index (χ0) is 11.0. The van der Waals surface area contributed by atoms with Crippen molar-refractivity contribution in [2.24, 2.45) is 23.5 Å². The van der Waals surface area contributed by atoms with Crippen LogP contribution in [-0.2, 0) is 4.79 Å². The standard InChI is InChI=1S/C12H22N2O/c1-8(12(13)15)14(2)7-11-6-9-3-4-10(11)5-9/h8-11H,3-7H2,1-2H3,(H2,13,15). The molecule has 2 rings (SSSR count). The Morgan fingerprint density at radius 2 is 2.20 bits per heavy atom. The highest BCUT2D eigenvalue weighted by Gasteiger charge is 2.40. The first kappa shape index (κ1) is 10.9. The van der Waals surface area contributed by atoms with E-state index >= 15 is 0 Å². The molecular formula is C12H22N2O. The molecule has 4 atom stereocenters. The average molecular weight is 210 g/mol. The van der Waals surface area contributed by atoms with Crippen molar-refractivity contribution in [2.75, 3.05) is 13.6 Å². The molecule has 0 aromatic heterocycles. The Bertz CT molecular complexity index is 254. The molecule has 0 aromatic carbocycles. The molecule has 0 radical (unpaired) electrons. The fourth-order valence-corrected chi connectivity index (χ4v) is 3.35. The van der Waals surface area contributed by atoms with Gasteiger partial charge in [-0.2, -0.15) is 0 Å². The molecule has 0 spiro atoms. The van der Waals surface area contributed by atoms with Gasteiger partial charge >= 0.3 is 0 Å². The summed E-state index contributed by atoms with van der Waals surface area (Å²) in [6.07, 6.45) is 5.66. The minimum atomic E-state index is -0.208. The Morgan fingerprint density at radius 1 is 1.47 bits per heavy atom. The molecule has 0 heterocycles. The molecular weight excluding hydrogens is 188 g/mol. The van der Waals surface area contributed by atoms with Gasteiger partial charge in [0, 0.05) is 6.54 Å². The minimum Gasteiger partial charge on any atom is -0.368 e. The van der Waals surface area contributed by atoms with Crippen LogP contribution in [0.2, 0.25) is 0 Å². The Kier molecular flexibility index (Phi) is 3.01. The van der Waals surface area contributed by atoms with Crippen LogP contribution in [0.1, 0.15) is 32.6 Å². The van der Waals surface area contributed by atoms with Gasteiger partial charge in [0.1, 0.15) is 0 Å². The summed E-state index contributed by atoms with van der Waals surface area (Å²) >= 11 is 0. The second-order valence-electron chi connectivity index (χ2n) is 5.45. The summed E-state index contributed by atoms with van der Waals surface area (Å²) in [6.45, 7) is 2.95. The fourth-order valence-electron chi connectivity index (χ4n) is 3.35. The zero-order valence-corrected chi connectivity index (χ0v) is 9.78. The van der Waals surface area contributed by atoms with E-state index in [4.69, 9.17) is 5.73 Å². The molecule has 4 unspecified atom stereocenters. The Balaban J connectivity index is 1.84. The highest BCUT2D eigenvalue weighted by molar-refractivity contribution is 5.79. The van der Waals surface area contributed by atoms with E-state index in [1.54, 1.807) is 0 Å². The summed E-state index contributed by atoms with van der Waals surface area (Å²) in [5.41, 5.74) is 5.31. The SMILES string of the molecule is CC(C(N)=O)N(C)CC1CC2CCC1C2. The van der Waals surface area contributed by atoms with E-state index in [1.165, 1.54) is 25.7 Å². The van der Waals surface area contributed by atoms with Crippen LogP contribution in [0.4, 0.5) is 0 Å². The van der Waals surface area contributed by atoms with Crippen LogP contribution in [0.25, 0.3) is 0 Å². The number of hydrogen-bond donors (Lipinski definition) is 1. The van der Waals surface area contributed by atoms with E-state index in [2.05, 4.69) is 4.90 Å². The molecule has 2 N–H and O–H groups in total. The molecule has 1 amide bonds. The molecule has 0 aliphatic heterocycles. The summed E-state index contributed by atoms with van der Waals surface area (Å²) in [6, 6.07) is -0.121. The van der Waals surface area contributed by atoms with Crippen molar-refractivity contribution in [3.63, 3.8) is 0 Å². The van der Waals surface area contributed by atoms with Gasteiger partial charge in [-0.05, 0) is 51.0 Å². The maximum atomic E-state index is 11.1. The number of fused-ring (bicyclic) bond motifs is 2. The zero-order valence-electron chi connectivity index (χ0n) is 9.78. The monoisotopic (exact) mass is 210 g/mol. The topological polar surface area (TPSA) is 46.3 Å². The number of nitrogens with zero attached hydrogens (tertiary/aromatic N) is 1. The molecule has 2 fully saturated rings. The molecule has 0 aromatic rings. The van der Waals surface area contributed by atoms with Crippen molar-refractivity contribution in [1.29, 1.82) is 0 Å². The van der Waals surface area contributed by atoms with Crippen molar-refractivity contribution < 1.29 is 4.79 Å². The van der Waals surface area contributed by atoms with Crippen LogP contribution in [0.3, 0.4) is 0 Å². The second kappa shape index (κ2) is 4.12. The number of carbonyl (C=O) groups excluding carboxylic acids is 1. The maximum Gasteiger partial charge on any atom is 0.234 e. The summed E-state index contributed by atoms with van der Waals surface area (Å²) in [7, 11) is 2.02. The van der Waals surface area contributed by atoms with E-state index in [0.717, 1.165) is 24.3 Å². The van der Waals surface area contributed by atoms with Crippen molar-refractivity contribution >= 4 is 5.91 Å². The van der Waals surface area contributed by atoms with Crippen LogP contribution in [-0.4, -0.2) is 30.4 Å². The number of rotatable bonds is 4. The number of hydrogen-bond acceptors (Lipinski definition) is 2. The fraction of sp³-hybridized carbons (Fsp3) is 0.917. The largest absolute Gasteiger partial charge is 0.368 e. The van der Waals surface area contributed by atoms with Crippen LogP contribution >= 0.6 is 0 Å². The first-order chi connectivity index (χ1) is 7.08. The second-order valence-corrected chi connectivity index (χ2v) is 5.45. The molecule has 3 heteroatoms. The first-order valence-corrected chi connectivity index (χ1v) is 6.07. The van der Waals surface area contributed by atoms with Gasteiger partial charge in [-0.15, -0.1) is 0 Å². The van der Waals surface area contributed by atoms with Gasteiger partial charge in [0.15, 0.2) is 0 Å². The third kappa shape index (κ3) is 2.17. The summed E-state index contributed by atoms with van der Waals surface area (Å²) < 4.78 is 0. The third-order valence-corrected chi connectivity index (χ3v) is 4.48. The predicted octanol–water partition coefficient (Wildman–Crippen LogP) is 1.23. The normalized spacial score (nSPS) is 36.1. The van der Waals surface area contributed by atoms with Crippen LogP contribution < -0.4 is 5.73 Å². The maximum absolute atomic E-state index is 11.1. The lowest BCUT2D eigenvalue weighted by atomic mass is 9.88. The van der Waals surface area contributed by atoms with Gasteiger partial charge in [-0.1, -0.05) is 6.42 Å². The first-order valence-electron chi connectivity index (χ1n) is 6.07. The van der Waals surface area contributed by atoms with Crippen molar-refractivity contribution in [2.45, 2.75) is 38.6 Å². The lowest BCUT2D eigenvalue weighted by Crippen LogP contribution is -2.43. The number of nitrogens with two attached hydrogens (primary N) is 1.